The number of esters is 1. The first kappa shape index (κ1) is 45.1. The monoisotopic (exact) mass is 839 g/mol. The fraction of sp³-hybridized carbons (Fsp3) is 0.353. The fourth-order valence-corrected chi connectivity index (χ4v) is 6.45. The van der Waals surface area contributed by atoms with E-state index in [1.807, 2.05) is 20.8 Å². The molecular weight excluding hydrogens is 807 g/mol. The lowest BCUT2D eigenvalue weighted by Crippen LogP contribution is -2.45. The van der Waals surface area contributed by atoms with Crippen molar-refractivity contribution >= 4 is 54.6 Å². The van der Waals surface area contributed by atoms with Crippen LogP contribution in [0.3, 0.4) is 0 Å². The molecule has 55 heavy (non-hydrogen) atoms. The second kappa shape index (κ2) is 17.6. The lowest BCUT2D eigenvalue weighted by Gasteiger charge is -2.37. The van der Waals surface area contributed by atoms with Crippen LogP contribution >= 0.6 is 31.0 Å². The molecule has 1 saturated heterocycles. The number of carboxylic acid groups (broad SMARTS) is 1. The number of nitrogens with zero attached hydrogens (tertiary/aromatic N) is 1. The highest BCUT2D eigenvalue weighted by atomic mass is 35.5. The van der Waals surface area contributed by atoms with E-state index in [1.165, 1.54) is 55.6 Å². The maximum atomic E-state index is 15.9. The summed E-state index contributed by atoms with van der Waals surface area (Å²) in [4.78, 5) is 53.1. The molecule has 3 aromatic carbocycles. The predicted molar refractivity (Wildman–Crippen MR) is 186 cm³/mol. The number of hydrogen-bond acceptors (Lipinski definition) is 9. The number of carbonyl (C=O) groups is 3. The molecule has 5 N–H and O–H groups in total. The van der Waals surface area contributed by atoms with Gasteiger partial charge < -0.3 is 35.0 Å². The summed E-state index contributed by atoms with van der Waals surface area (Å²) in [6, 6.07) is 11.8. The molecule has 1 aliphatic rings. The lowest BCUT2D eigenvalue weighted by atomic mass is 9.62. The molecule has 0 radical (unpaired) electrons. The van der Waals surface area contributed by atoms with Crippen LogP contribution in [0.5, 0.6) is 5.75 Å². The molecule has 0 bridgehead atoms. The second-order valence-electron chi connectivity index (χ2n) is 13.1. The summed E-state index contributed by atoms with van der Waals surface area (Å²) in [6.07, 6.45) is -4.82. The number of ether oxygens (including phenoxy) is 2. The van der Waals surface area contributed by atoms with Gasteiger partial charge in [0.05, 0.1) is 35.5 Å². The molecule has 0 aliphatic carbocycles. The molecule has 13 nitrogen and oxygen atoms in total. The first-order chi connectivity index (χ1) is 25.4. The zero-order chi connectivity index (χ0) is 41.7. The van der Waals surface area contributed by atoms with Crippen LogP contribution < -0.4 is 15.4 Å². The Balaban J connectivity index is 0.00000106. The topological polar surface area (TPSA) is 205 Å². The maximum Gasteiger partial charge on any atom is 0.490 e. The number of benzene rings is 3. The third-order valence-corrected chi connectivity index (χ3v) is 9.05. The average molecular weight is 841 g/mol. The van der Waals surface area contributed by atoms with E-state index in [4.69, 9.17) is 52.4 Å². The van der Waals surface area contributed by atoms with E-state index in [1.54, 1.807) is 0 Å². The molecule has 1 aliphatic heterocycles. The summed E-state index contributed by atoms with van der Waals surface area (Å²) < 4.78 is 88.5. The van der Waals surface area contributed by atoms with Crippen LogP contribution in [-0.4, -0.2) is 64.9 Å². The molecule has 1 amide bonds. The van der Waals surface area contributed by atoms with Crippen molar-refractivity contribution in [2.75, 3.05) is 19.2 Å². The normalized spacial score (nSPS) is 19.7. The van der Waals surface area contributed by atoms with Crippen molar-refractivity contribution in [1.29, 1.82) is 5.26 Å². The standard InChI is InChI=1S/C32H32Cl2F2N3O8P.C2HF3O2/c1-31(2,3)14-25-32(15-37,20-10-9-18(33)13-22(20)35)26(19-6-5-7-21(34)27(19)36)28(39-25)29(40)38-23-11-8-17(12-24(23)45-4)30(41)46-16-47-48(42,43)44;3-2(4,5)1(6)7/h5-13,25-26,28,39H,14,16H2,1-4H3,(H,38,40)(H2,42,43,44);(H,6,7)/t25-,26-,28+,32-;/m0./s1. The van der Waals surface area contributed by atoms with Crippen molar-refractivity contribution in [2.24, 2.45) is 5.41 Å². The summed E-state index contributed by atoms with van der Waals surface area (Å²) in [5.41, 5.74) is -2.51. The number of alkyl halides is 3. The van der Waals surface area contributed by atoms with Crippen LogP contribution in [0.15, 0.2) is 54.6 Å². The molecule has 21 heteroatoms. The van der Waals surface area contributed by atoms with Crippen molar-refractivity contribution in [3.05, 3.63) is 93.0 Å². The van der Waals surface area contributed by atoms with E-state index >= 15 is 8.78 Å². The van der Waals surface area contributed by atoms with E-state index in [0.29, 0.717) is 0 Å². The molecule has 4 rings (SSSR count). The number of carbonyl (C=O) groups excluding carboxylic acids is 2. The van der Waals surface area contributed by atoms with Crippen molar-refractivity contribution in [3.63, 3.8) is 0 Å². The third-order valence-electron chi connectivity index (χ3n) is 8.08. The van der Waals surface area contributed by atoms with Crippen LogP contribution in [-0.2, 0) is 28.8 Å². The molecule has 0 spiro atoms. The molecule has 3 aromatic rings. The minimum atomic E-state index is -5.08. The summed E-state index contributed by atoms with van der Waals surface area (Å²) in [6.45, 7) is 4.71. The van der Waals surface area contributed by atoms with E-state index in [2.05, 4.69) is 21.2 Å². The predicted octanol–water partition coefficient (Wildman–Crippen LogP) is 7.10. The Labute approximate surface area is 320 Å². The number of amides is 1. The molecular formula is C34H33Cl2F5N3O10P. The van der Waals surface area contributed by atoms with Crippen LogP contribution in [0.2, 0.25) is 10.0 Å². The average Bonchev–Trinajstić information content (AvgIpc) is 3.38. The lowest BCUT2D eigenvalue weighted by molar-refractivity contribution is -0.192. The van der Waals surface area contributed by atoms with Crippen molar-refractivity contribution in [3.8, 4) is 11.8 Å². The molecule has 4 atom stereocenters. The number of anilines is 1. The fourth-order valence-electron chi connectivity index (χ4n) is 5.92. The minimum absolute atomic E-state index is 0.0151. The minimum Gasteiger partial charge on any atom is -0.495 e. The Morgan fingerprint density at radius 1 is 1.05 bits per heavy atom. The molecule has 1 heterocycles. The highest BCUT2D eigenvalue weighted by molar-refractivity contribution is 7.46. The molecule has 0 saturated carbocycles. The number of nitrogens with one attached hydrogen (secondary N) is 2. The summed E-state index contributed by atoms with van der Waals surface area (Å²) in [7, 11) is -3.62. The highest BCUT2D eigenvalue weighted by Gasteiger charge is 2.61. The van der Waals surface area contributed by atoms with Gasteiger partial charge in [0, 0.05) is 22.5 Å². The number of aliphatic carboxylic acids is 1. The number of nitriles is 1. The van der Waals surface area contributed by atoms with Crippen LogP contribution in [0.25, 0.3) is 0 Å². The van der Waals surface area contributed by atoms with Crippen molar-refractivity contribution in [2.45, 2.75) is 56.8 Å². The Bertz CT molecular complexity index is 2020. The first-order valence-corrected chi connectivity index (χ1v) is 17.9. The largest absolute Gasteiger partial charge is 0.495 e. The number of halogens is 7. The Morgan fingerprint density at radius 3 is 2.22 bits per heavy atom. The van der Waals surface area contributed by atoms with Crippen LogP contribution in [0.4, 0.5) is 27.6 Å². The Kier molecular flexibility index (Phi) is 14.4. The molecule has 0 aromatic heterocycles. The van der Waals surface area contributed by atoms with Gasteiger partial charge in [-0.2, -0.15) is 18.4 Å². The van der Waals surface area contributed by atoms with Crippen LogP contribution in [0, 0.1) is 28.4 Å². The number of methoxy groups -OCH3 is 1. The number of hydrogen-bond donors (Lipinski definition) is 5. The number of rotatable bonds is 10. The van der Waals surface area contributed by atoms with Crippen molar-refractivity contribution < 1.29 is 69.8 Å². The molecule has 298 valence electrons. The summed E-state index contributed by atoms with van der Waals surface area (Å²) in [5, 5.41) is 23.8. The third kappa shape index (κ3) is 11.1. The van der Waals surface area contributed by atoms with Gasteiger partial charge in [-0.1, -0.05) is 62.2 Å². The van der Waals surface area contributed by atoms with Gasteiger partial charge in [-0.25, -0.2) is 27.5 Å². The summed E-state index contributed by atoms with van der Waals surface area (Å²) >= 11 is 12.3. The van der Waals surface area contributed by atoms with Gasteiger partial charge in [0.2, 0.25) is 12.7 Å². The maximum absolute atomic E-state index is 15.9. The molecule has 0 unspecified atom stereocenters. The SMILES string of the molecule is COc1cc(C(=O)OCOP(=O)(O)O)ccc1NC(=O)[C@@H]1N[C@@H](CC(C)(C)C)[C@](C#N)(c2ccc(Cl)cc2F)[C@H]1c1cccc(Cl)c1F.O=C(O)C(F)(F)F. The smallest absolute Gasteiger partial charge is 0.490 e. The first-order valence-electron chi connectivity index (χ1n) is 15.6. The Hall–Kier alpha value is -4.34. The number of phosphoric acid groups is 1. The van der Waals surface area contributed by atoms with Gasteiger partial charge >= 0.3 is 25.9 Å². The van der Waals surface area contributed by atoms with Gasteiger partial charge in [0.25, 0.3) is 0 Å². The zero-order valence-electron chi connectivity index (χ0n) is 29.1. The zero-order valence-corrected chi connectivity index (χ0v) is 31.5. The van der Waals surface area contributed by atoms with E-state index in [9.17, 15) is 32.6 Å². The highest BCUT2D eigenvalue weighted by Crippen LogP contribution is 2.53. The second-order valence-corrected chi connectivity index (χ2v) is 15.1. The molecule has 1 fully saturated rings. The van der Waals surface area contributed by atoms with E-state index in [-0.39, 0.29) is 44.6 Å². The van der Waals surface area contributed by atoms with Gasteiger partial charge in [0.1, 0.15) is 22.8 Å². The van der Waals surface area contributed by atoms with Gasteiger partial charge in [-0.15, -0.1) is 0 Å². The van der Waals surface area contributed by atoms with Gasteiger partial charge in [-0.05, 0) is 53.8 Å². The van der Waals surface area contributed by atoms with Crippen LogP contribution in [0.1, 0.15) is 54.6 Å². The Morgan fingerprint density at radius 2 is 1.69 bits per heavy atom. The quantitative estimate of drug-likeness (QED) is 0.0601. The summed E-state index contributed by atoms with van der Waals surface area (Å²) in [5.74, 6) is -7.54. The van der Waals surface area contributed by atoms with Gasteiger partial charge in [0.15, 0.2) is 0 Å². The van der Waals surface area contributed by atoms with E-state index < -0.39 is 79.1 Å². The van der Waals surface area contributed by atoms with E-state index in [0.717, 1.165) is 6.07 Å². The number of phosphoric ester groups is 1. The number of carboxylic acids is 1. The van der Waals surface area contributed by atoms with Crippen molar-refractivity contribution in [1.82, 2.24) is 5.32 Å². The van der Waals surface area contributed by atoms with Gasteiger partial charge in [-0.3, -0.25) is 4.79 Å².